The first-order valence-electron chi connectivity index (χ1n) is 4.87. The minimum Gasteiger partial charge on any atom is -0.496 e. The van der Waals surface area contributed by atoms with Crippen molar-refractivity contribution in [2.75, 3.05) is 14.2 Å². The molecule has 1 aromatic rings. The molecule has 0 saturated heterocycles. The Balaban J connectivity index is 3.45. The van der Waals surface area contributed by atoms with Crippen LogP contribution in [0.1, 0.15) is 28.4 Å². The lowest BCUT2D eigenvalue weighted by Crippen LogP contribution is -2.07. The lowest BCUT2D eigenvalue weighted by atomic mass is 9.99. The zero-order chi connectivity index (χ0) is 12.1. The van der Waals surface area contributed by atoms with Crippen LogP contribution in [0.4, 0.5) is 0 Å². The summed E-state index contributed by atoms with van der Waals surface area (Å²) in [6.45, 7) is 1.90. The van der Waals surface area contributed by atoms with Crippen molar-refractivity contribution in [3.8, 4) is 11.8 Å². The maximum Gasteiger partial charge on any atom is 0.339 e. The highest BCUT2D eigenvalue weighted by Crippen LogP contribution is 2.26. The van der Waals surface area contributed by atoms with E-state index >= 15 is 0 Å². The van der Waals surface area contributed by atoms with Crippen molar-refractivity contribution in [2.24, 2.45) is 0 Å². The number of ether oxygens (including phenoxy) is 2. The van der Waals surface area contributed by atoms with Gasteiger partial charge in [0.15, 0.2) is 0 Å². The van der Waals surface area contributed by atoms with E-state index in [1.165, 1.54) is 14.2 Å². The van der Waals surface area contributed by atoms with Gasteiger partial charge in [0, 0.05) is 5.56 Å². The Morgan fingerprint density at radius 1 is 1.44 bits per heavy atom. The molecule has 4 nitrogen and oxygen atoms in total. The zero-order valence-electron chi connectivity index (χ0n) is 9.53. The summed E-state index contributed by atoms with van der Waals surface area (Å²) in [5.41, 5.74) is 1.34. The molecule has 16 heavy (non-hydrogen) atoms. The molecule has 0 amide bonds. The van der Waals surface area contributed by atoms with E-state index in [1.807, 2.05) is 13.0 Å². The molecule has 0 radical (unpaired) electrons. The van der Waals surface area contributed by atoms with Crippen LogP contribution in [0, 0.1) is 11.3 Å². The standard InChI is InChI=1S/C12H13NO3/c1-4-8-10(7-13)9(12(14)16-3)5-6-11(8)15-2/h5-6H,4H2,1-3H3. The van der Waals surface area contributed by atoms with Crippen molar-refractivity contribution < 1.29 is 14.3 Å². The van der Waals surface area contributed by atoms with Gasteiger partial charge in [0.2, 0.25) is 0 Å². The molecule has 0 bridgehead atoms. The van der Waals surface area contributed by atoms with Crippen molar-refractivity contribution >= 4 is 5.97 Å². The van der Waals surface area contributed by atoms with E-state index in [1.54, 1.807) is 12.1 Å². The predicted molar refractivity (Wildman–Crippen MR) is 58.4 cm³/mol. The predicted octanol–water partition coefficient (Wildman–Crippen LogP) is 1.92. The van der Waals surface area contributed by atoms with Crippen molar-refractivity contribution in [3.05, 3.63) is 28.8 Å². The summed E-state index contributed by atoms with van der Waals surface area (Å²) in [5.74, 6) is 0.112. The van der Waals surface area contributed by atoms with Gasteiger partial charge in [0.1, 0.15) is 11.8 Å². The zero-order valence-corrected chi connectivity index (χ0v) is 9.53. The maximum atomic E-state index is 11.4. The van der Waals surface area contributed by atoms with Crippen LogP contribution in [0.15, 0.2) is 12.1 Å². The summed E-state index contributed by atoms with van der Waals surface area (Å²) in [6.07, 6.45) is 0.622. The minimum absolute atomic E-state index is 0.280. The van der Waals surface area contributed by atoms with Crippen LogP contribution in [0.2, 0.25) is 0 Å². The van der Waals surface area contributed by atoms with Crippen LogP contribution in [0.3, 0.4) is 0 Å². The molecule has 0 aromatic heterocycles. The highest BCUT2D eigenvalue weighted by molar-refractivity contribution is 5.93. The van der Waals surface area contributed by atoms with E-state index in [0.717, 1.165) is 5.56 Å². The number of nitrogens with zero attached hydrogens (tertiary/aromatic N) is 1. The Morgan fingerprint density at radius 3 is 2.56 bits per heavy atom. The van der Waals surface area contributed by atoms with Gasteiger partial charge in [0.25, 0.3) is 0 Å². The van der Waals surface area contributed by atoms with Gasteiger partial charge in [-0.3, -0.25) is 0 Å². The van der Waals surface area contributed by atoms with Crippen LogP contribution in [0.5, 0.6) is 5.75 Å². The van der Waals surface area contributed by atoms with Gasteiger partial charge in [-0.15, -0.1) is 0 Å². The Kier molecular flexibility index (Phi) is 3.90. The second-order valence-electron chi connectivity index (χ2n) is 3.13. The normalized spacial score (nSPS) is 9.38. The molecular weight excluding hydrogens is 206 g/mol. The van der Waals surface area contributed by atoms with Crippen LogP contribution in [-0.2, 0) is 11.2 Å². The molecule has 84 valence electrons. The minimum atomic E-state index is -0.506. The largest absolute Gasteiger partial charge is 0.496 e. The van der Waals surface area contributed by atoms with Gasteiger partial charge in [-0.05, 0) is 18.6 Å². The third-order valence-electron chi connectivity index (χ3n) is 2.36. The first-order valence-corrected chi connectivity index (χ1v) is 4.87. The molecule has 0 aliphatic carbocycles. The van der Waals surface area contributed by atoms with Gasteiger partial charge in [-0.2, -0.15) is 5.26 Å². The molecule has 0 saturated carbocycles. The molecule has 0 fully saturated rings. The third kappa shape index (κ3) is 1.98. The summed E-state index contributed by atoms with van der Waals surface area (Å²) in [5, 5.41) is 9.08. The summed E-state index contributed by atoms with van der Waals surface area (Å²) in [7, 11) is 2.83. The molecule has 0 heterocycles. The van der Waals surface area contributed by atoms with Crippen molar-refractivity contribution in [1.29, 1.82) is 5.26 Å². The van der Waals surface area contributed by atoms with E-state index in [-0.39, 0.29) is 5.56 Å². The number of hydrogen-bond acceptors (Lipinski definition) is 4. The fraction of sp³-hybridized carbons (Fsp3) is 0.333. The molecule has 4 heteroatoms. The Morgan fingerprint density at radius 2 is 2.12 bits per heavy atom. The van der Waals surface area contributed by atoms with Crippen LogP contribution < -0.4 is 4.74 Å². The molecule has 0 unspecified atom stereocenters. The number of carbonyl (C=O) groups is 1. The summed E-state index contributed by atoms with van der Waals surface area (Å²) in [4.78, 5) is 11.4. The molecular formula is C12H13NO3. The average molecular weight is 219 g/mol. The molecule has 0 atom stereocenters. The van der Waals surface area contributed by atoms with Gasteiger partial charge in [-0.25, -0.2) is 4.79 Å². The van der Waals surface area contributed by atoms with E-state index in [4.69, 9.17) is 10.00 Å². The fourth-order valence-electron chi connectivity index (χ4n) is 1.58. The molecule has 0 N–H and O–H groups in total. The number of benzene rings is 1. The molecule has 0 aliphatic heterocycles. The van der Waals surface area contributed by atoms with Crippen LogP contribution in [0.25, 0.3) is 0 Å². The van der Waals surface area contributed by atoms with E-state index < -0.39 is 5.97 Å². The van der Waals surface area contributed by atoms with Crippen molar-refractivity contribution in [2.45, 2.75) is 13.3 Å². The molecule has 0 aliphatic rings. The average Bonchev–Trinajstić information content (AvgIpc) is 2.35. The second-order valence-corrected chi connectivity index (χ2v) is 3.13. The van der Waals surface area contributed by atoms with Gasteiger partial charge in [0.05, 0.1) is 25.3 Å². The number of nitriles is 1. The van der Waals surface area contributed by atoms with Crippen LogP contribution >= 0.6 is 0 Å². The fourth-order valence-corrected chi connectivity index (χ4v) is 1.58. The summed E-state index contributed by atoms with van der Waals surface area (Å²) in [6, 6.07) is 5.24. The number of carbonyl (C=O) groups excluding carboxylic acids is 1. The SMILES string of the molecule is CCc1c(OC)ccc(C(=O)OC)c1C#N. The number of methoxy groups -OCH3 is 2. The van der Waals surface area contributed by atoms with E-state index in [2.05, 4.69) is 4.74 Å². The highest BCUT2D eigenvalue weighted by Gasteiger charge is 2.17. The number of esters is 1. The number of rotatable bonds is 3. The van der Waals surface area contributed by atoms with Crippen molar-refractivity contribution in [1.82, 2.24) is 0 Å². The summed E-state index contributed by atoms with van der Waals surface area (Å²) >= 11 is 0. The summed E-state index contributed by atoms with van der Waals surface area (Å²) < 4.78 is 9.76. The Labute approximate surface area is 94.4 Å². The maximum absolute atomic E-state index is 11.4. The van der Waals surface area contributed by atoms with Crippen molar-refractivity contribution in [3.63, 3.8) is 0 Å². The lowest BCUT2D eigenvalue weighted by molar-refractivity contribution is 0.0600. The molecule has 1 rings (SSSR count). The second kappa shape index (κ2) is 5.17. The Hall–Kier alpha value is -2.02. The lowest BCUT2D eigenvalue weighted by Gasteiger charge is -2.11. The molecule has 0 spiro atoms. The van der Waals surface area contributed by atoms with Crippen LogP contribution in [-0.4, -0.2) is 20.2 Å². The molecule has 1 aromatic carbocycles. The van der Waals surface area contributed by atoms with E-state index in [0.29, 0.717) is 17.7 Å². The first kappa shape index (κ1) is 12.1. The monoisotopic (exact) mass is 219 g/mol. The number of hydrogen-bond donors (Lipinski definition) is 0. The van der Waals surface area contributed by atoms with E-state index in [9.17, 15) is 4.79 Å². The highest BCUT2D eigenvalue weighted by atomic mass is 16.5. The quantitative estimate of drug-likeness (QED) is 0.728. The Bertz CT molecular complexity index is 446. The first-order chi connectivity index (χ1) is 7.69. The van der Waals surface area contributed by atoms with Gasteiger partial charge >= 0.3 is 5.97 Å². The van der Waals surface area contributed by atoms with Gasteiger partial charge in [-0.1, -0.05) is 6.92 Å². The smallest absolute Gasteiger partial charge is 0.339 e. The topological polar surface area (TPSA) is 59.3 Å². The third-order valence-corrected chi connectivity index (χ3v) is 2.36. The van der Waals surface area contributed by atoms with Gasteiger partial charge < -0.3 is 9.47 Å².